The first kappa shape index (κ1) is 17.7. The van der Waals surface area contributed by atoms with E-state index in [1.807, 2.05) is 27.7 Å². The minimum Gasteiger partial charge on any atom is -0.481 e. The fraction of sp³-hybridized carbons (Fsp3) is 0.846. The van der Waals surface area contributed by atoms with E-state index in [4.69, 9.17) is 9.84 Å². The van der Waals surface area contributed by atoms with Crippen molar-refractivity contribution in [2.24, 2.45) is 0 Å². The Hall–Kier alpha value is -1.30. The van der Waals surface area contributed by atoms with Crippen LogP contribution in [0.5, 0.6) is 0 Å². The van der Waals surface area contributed by atoms with Crippen LogP contribution >= 0.6 is 0 Å². The predicted molar refractivity (Wildman–Crippen MR) is 73.2 cm³/mol. The lowest BCUT2D eigenvalue weighted by molar-refractivity contribution is -0.137. The molecule has 0 rings (SSSR count). The van der Waals surface area contributed by atoms with Gasteiger partial charge in [0.05, 0.1) is 19.1 Å². The summed E-state index contributed by atoms with van der Waals surface area (Å²) in [5, 5.41) is 11.6. The van der Waals surface area contributed by atoms with Crippen molar-refractivity contribution >= 4 is 12.0 Å². The third kappa shape index (κ3) is 7.00. The quantitative estimate of drug-likeness (QED) is 0.740. The number of urea groups is 1. The van der Waals surface area contributed by atoms with Gasteiger partial charge in [-0.3, -0.25) is 4.79 Å². The normalized spacial score (nSPS) is 12.9. The lowest BCUT2D eigenvalue weighted by atomic mass is 10.1. The van der Waals surface area contributed by atoms with Crippen molar-refractivity contribution in [3.05, 3.63) is 0 Å². The topological polar surface area (TPSA) is 78.9 Å². The molecule has 0 aromatic rings. The molecule has 1 atom stereocenters. The summed E-state index contributed by atoms with van der Waals surface area (Å²) < 4.78 is 5.03. The summed E-state index contributed by atoms with van der Waals surface area (Å²) in [6, 6.07) is -0.315. The van der Waals surface area contributed by atoms with Crippen molar-refractivity contribution in [1.29, 1.82) is 0 Å². The van der Waals surface area contributed by atoms with Gasteiger partial charge in [-0.25, -0.2) is 4.79 Å². The molecule has 19 heavy (non-hydrogen) atoms. The van der Waals surface area contributed by atoms with E-state index < -0.39 is 11.5 Å². The van der Waals surface area contributed by atoms with Crippen molar-refractivity contribution in [2.45, 2.75) is 52.1 Å². The monoisotopic (exact) mass is 274 g/mol. The smallest absolute Gasteiger partial charge is 0.318 e. The van der Waals surface area contributed by atoms with Gasteiger partial charge in [-0.2, -0.15) is 0 Å². The fourth-order valence-electron chi connectivity index (χ4n) is 1.66. The molecule has 0 aromatic heterocycles. The molecular weight excluding hydrogens is 248 g/mol. The van der Waals surface area contributed by atoms with Crippen LogP contribution in [0.1, 0.15) is 40.5 Å². The number of nitrogens with zero attached hydrogens (tertiary/aromatic N) is 1. The fourth-order valence-corrected chi connectivity index (χ4v) is 1.66. The van der Waals surface area contributed by atoms with Crippen molar-refractivity contribution in [3.63, 3.8) is 0 Å². The number of carbonyl (C=O) groups excluding carboxylic acids is 1. The molecule has 2 N–H and O–H groups in total. The molecule has 0 aliphatic heterocycles. The van der Waals surface area contributed by atoms with Gasteiger partial charge in [-0.15, -0.1) is 0 Å². The van der Waals surface area contributed by atoms with Gasteiger partial charge in [-0.1, -0.05) is 6.92 Å². The molecule has 6 heteroatoms. The van der Waals surface area contributed by atoms with Gasteiger partial charge in [0.25, 0.3) is 0 Å². The van der Waals surface area contributed by atoms with Gasteiger partial charge in [-0.05, 0) is 27.2 Å². The zero-order chi connectivity index (χ0) is 15.1. The molecule has 0 bridgehead atoms. The van der Waals surface area contributed by atoms with E-state index in [2.05, 4.69) is 5.32 Å². The summed E-state index contributed by atoms with van der Waals surface area (Å²) in [5.74, 6) is -0.911. The number of methoxy groups -OCH3 is 1. The highest BCUT2D eigenvalue weighted by atomic mass is 16.5. The van der Waals surface area contributed by atoms with Crippen LogP contribution in [0.15, 0.2) is 0 Å². The van der Waals surface area contributed by atoms with Crippen molar-refractivity contribution in [1.82, 2.24) is 10.2 Å². The Morgan fingerprint density at radius 3 is 2.32 bits per heavy atom. The van der Waals surface area contributed by atoms with Gasteiger partial charge in [0.15, 0.2) is 0 Å². The van der Waals surface area contributed by atoms with Crippen molar-refractivity contribution in [3.8, 4) is 0 Å². The maximum atomic E-state index is 12.2. The molecule has 112 valence electrons. The average molecular weight is 274 g/mol. The molecule has 0 aliphatic rings. The van der Waals surface area contributed by atoms with E-state index in [1.54, 1.807) is 12.0 Å². The number of nitrogens with one attached hydrogen (secondary N) is 1. The Labute approximate surface area is 115 Å². The second-order valence-electron chi connectivity index (χ2n) is 5.48. The highest BCUT2D eigenvalue weighted by Gasteiger charge is 2.27. The number of hydrogen-bond acceptors (Lipinski definition) is 3. The Morgan fingerprint density at radius 2 is 1.95 bits per heavy atom. The zero-order valence-electron chi connectivity index (χ0n) is 12.5. The predicted octanol–water partition coefficient (Wildman–Crippen LogP) is 1.70. The Kier molecular flexibility index (Phi) is 7.44. The van der Waals surface area contributed by atoms with Crippen LogP contribution in [0.2, 0.25) is 0 Å². The van der Waals surface area contributed by atoms with E-state index in [0.717, 1.165) is 6.42 Å². The number of carboxylic acid groups (broad SMARTS) is 1. The van der Waals surface area contributed by atoms with E-state index >= 15 is 0 Å². The molecule has 0 saturated carbocycles. The number of carbonyl (C=O) groups is 2. The molecule has 0 saturated heterocycles. The summed E-state index contributed by atoms with van der Waals surface area (Å²) in [7, 11) is 1.58. The Morgan fingerprint density at radius 1 is 1.37 bits per heavy atom. The van der Waals surface area contributed by atoms with Gasteiger partial charge in [0.1, 0.15) is 0 Å². The first-order chi connectivity index (χ1) is 8.72. The molecule has 0 fully saturated rings. The lowest BCUT2D eigenvalue weighted by Crippen LogP contribution is -2.54. The van der Waals surface area contributed by atoms with Crippen LogP contribution in [0.25, 0.3) is 0 Å². The Bertz CT molecular complexity index is 300. The molecule has 0 aromatic carbocycles. The van der Waals surface area contributed by atoms with Crippen LogP contribution in [-0.4, -0.2) is 53.8 Å². The maximum absolute atomic E-state index is 12.2. The summed E-state index contributed by atoms with van der Waals surface area (Å²) >= 11 is 0. The summed E-state index contributed by atoms with van der Waals surface area (Å²) in [6.45, 7) is 8.24. The average Bonchev–Trinajstić information content (AvgIpc) is 2.26. The number of ether oxygens (including phenoxy) is 1. The molecule has 0 spiro atoms. The highest BCUT2D eigenvalue weighted by molar-refractivity contribution is 5.76. The largest absolute Gasteiger partial charge is 0.481 e. The minimum atomic E-state index is -0.911. The van der Waals surface area contributed by atoms with Gasteiger partial charge >= 0.3 is 12.0 Å². The van der Waals surface area contributed by atoms with Gasteiger partial charge < -0.3 is 20.1 Å². The summed E-state index contributed by atoms with van der Waals surface area (Å²) in [6.07, 6.45) is 0.697. The SMILES string of the molecule is CCC(COC)NC(=O)N(CCC(=O)O)C(C)(C)C. The maximum Gasteiger partial charge on any atom is 0.318 e. The molecule has 0 radical (unpaired) electrons. The number of carboxylic acids is 1. The van der Waals surface area contributed by atoms with Crippen LogP contribution < -0.4 is 5.32 Å². The first-order valence-corrected chi connectivity index (χ1v) is 6.51. The van der Waals surface area contributed by atoms with E-state index in [0.29, 0.717) is 6.61 Å². The zero-order valence-corrected chi connectivity index (χ0v) is 12.5. The molecular formula is C13H26N2O4. The second-order valence-corrected chi connectivity index (χ2v) is 5.48. The van der Waals surface area contributed by atoms with E-state index in [9.17, 15) is 9.59 Å². The number of aliphatic carboxylic acids is 1. The van der Waals surface area contributed by atoms with Gasteiger partial charge in [0.2, 0.25) is 0 Å². The number of rotatable bonds is 7. The summed E-state index contributed by atoms with van der Waals surface area (Å²) in [5.41, 5.74) is -0.426. The molecule has 2 amide bonds. The first-order valence-electron chi connectivity index (χ1n) is 6.51. The highest BCUT2D eigenvalue weighted by Crippen LogP contribution is 2.14. The van der Waals surface area contributed by atoms with Crippen molar-refractivity contribution < 1.29 is 19.4 Å². The molecule has 1 unspecified atom stereocenters. The molecule has 0 heterocycles. The Balaban J connectivity index is 4.66. The molecule has 6 nitrogen and oxygen atoms in total. The third-order valence-electron chi connectivity index (χ3n) is 2.79. The van der Waals surface area contributed by atoms with Crippen LogP contribution in [0.4, 0.5) is 4.79 Å². The van der Waals surface area contributed by atoms with Gasteiger partial charge in [0, 0.05) is 19.2 Å². The van der Waals surface area contributed by atoms with Crippen LogP contribution in [-0.2, 0) is 9.53 Å². The molecule has 0 aliphatic carbocycles. The lowest BCUT2D eigenvalue weighted by Gasteiger charge is -2.36. The standard InChI is InChI=1S/C13H26N2O4/c1-6-10(9-19-5)14-12(18)15(13(2,3)4)8-7-11(16)17/h10H,6-9H2,1-5H3,(H,14,18)(H,16,17). The number of hydrogen-bond donors (Lipinski definition) is 2. The second kappa shape index (κ2) is 7.99. The van der Waals surface area contributed by atoms with E-state index in [-0.39, 0.29) is 25.0 Å². The van der Waals surface area contributed by atoms with E-state index in [1.165, 1.54) is 0 Å². The third-order valence-corrected chi connectivity index (χ3v) is 2.79. The number of amides is 2. The minimum absolute atomic E-state index is 0.0628. The summed E-state index contributed by atoms with van der Waals surface area (Å²) in [4.78, 5) is 24.4. The van der Waals surface area contributed by atoms with Crippen LogP contribution in [0.3, 0.4) is 0 Å². The van der Waals surface area contributed by atoms with Crippen LogP contribution in [0, 0.1) is 0 Å². The van der Waals surface area contributed by atoms with Crippen molar-refractivity contribution in [2.75, 3.05) is 20.3 Å².